The van der Waals surface area contributed by atoms with Gasteiger partial charge in [-0.25, -0.2) is 4.98 Å². The summed E-state index contributed by atoms with van der Waals surface area (Å²) in [6.45, 7) is 0.554. The molecule has 2 N–H and O–H groups in total. The highest BCUT2D eigenvalue weighted by atomic mass is 32.1. The predicted molar refractivity (Wildman–Crippen MR) is 130 cm³/mol. The van der Waals surface area contributed by atoms with E-state index in [0.717, 1.165) is 34.0 Å². The lowest BCUT2D eigenvalue weighted by molar-refractivity contribution is -0.122. The maximum atomic E-state index is 12.5. The summed E-state index contributed by atoms with van der Waals surface area (Å²) in [6.07, 6.45) is 3.65. The molecule has 1 fully saturated rings. The molecule has 6 nitrogen and oxygen atoms in total. The number of carbonyl (C=O) groups is 2. The van der Waals surface area contributed by atoms with Crippen LogP contribution in [-0.2, 0) is 22.4 Å². The van der Waals surface area contributed by atoms with Gasteiger partial charge in [-0.05, 0) is 37.0 Å². The van der Waals surface area contributed by atoms with Crippen molar-refractivity contribution in [3.8, 4) is 17.0 Å². The standard InChI is InChI=1S/C26H29N3O3S/c1-32-21-9-7-19(8-10-21)17-26(15-12-24(31)29-26)14-11-23(30)27-16-13-25-28-22(18-33-25)20-5-3-2-4-6-20/h2-10,18H,11-17H2,1H3,(H,27,30)(H,29,31)/t26-/m0/s1. The van der Waals surface area contributed by atoms with E-state index in [1.165, 1.54) is 0 Å². The SMILES string of the molecule is COc1ccc(C[C@]2(CCC(=O)NCCc3nc(-c4ccccc4)cs3)CCC(=O)N2)cc1. The van der Waals surface area contributed by atoms with E-state index < -0.39 is 0 Å². The molecule has 2 aromatic carbocycles. The number of ether oxygens (including phenoxy) is 1. The molecule has 0 radical (unpaired) electrons. The van der Waals surface area contributed by atoms with Crippen molar-refractivity contribution in [1.82, 2.24) is 15.6 Å². The zero-order valence-electron chi connectivity index (χ0n) is 18.8. The summed E-state index contributed by atoms with van der Waals surface area (Å²) >= 11 is 1.61. The average Bonchev–Trinajstić information content (AvgIpc) is 3.46. The van der Waals surface area contributed by atoms with Crippen molar-refractivity contribution in [3.05, 3.63) is 70.5 Å². The normalized spacial score (nSPS) is 17.5. The molecule has 1 saturated heterocycles. The highest BCUT2D eigenvalue weighted by molar-refractivity contribution is 7.09. The van der Waals surface area contributed by atoms with Crippen LogP contribution in [0.25, 0.3) is 11.3 Å². The Hall–Kier alpha value is -3.19. The number of nitrogens with one attached hydrogen (secondary N) is 2. The van der Waals surface area contributed by atoms with Gasteiger partial charge < -0.3 is 15.4 Å². The third-order valence-corrected chi connectivity index (χ3v) is 6.96. The summed E-state index contributed by atoms with van der Waals surface area (Å²) in [7, 11) is 1.64. The van der Waals surface area contributed by atoms with Crippen LogP contribution in [0.1, 0.15) is 36.3 Å². The van der Waals surface area contributed by atoms with Crippen molar-refractivity contribution >= 4 is 23.2 Å². The van der Waals surface area contributed by atoms with Crippen LogP contribution < -0.4 is 15.4 Å². The van der Waals surface area contributed by atoms with Gasteiger partial charge in [-0.2, -0.15) is 0 Å². The predicted octanol–water partition coefficient (Wildman–Crippen LogP) is 4.15. The van der Waals surface area contributed by atoms with Crippen molar-refractivity contribution in [2.24, 2.45) is 0 Å². The van der Waals surface area contributed by atoms with Crippen molar-refractivity contribution in [2.45, 2.75) is 44.1 Å². The fourth-order valence-corrected chi connectivity index (χ4v) is 5.04. The second kappa shape index (κ2) is 10.6. The molecule has 0 spiro atoms. The largest absolute Gasteiger partial charge is 0.497 e. The van der Waals surface area contributed by atoms with E-state index in [2.05, 4.69) is 21.0 Å². The fraction of sp³-hybridized carbons (Fsp3) is 0.346. The Morgan fingerprint density at radius 1 is 1.18 bits per heavy atom. The Morgan fingerprint density at radius 3 is 2.67 bits per heavy atom. The molecule has 1 aliphatic heterocycles. The van der Waals surface area contributed by atoms with Gasteiger partial charge in [0, 0.05) is 42.3 Å². The summed E-state index contributed by atoms with van der Waals surface area (Å²) in [5.41, 5.74) is 2.82. The molecule has 7 heteroatoms. The molecule has 1 aliphatic rings. The molecule has 0 saturated carbocycles. The van der Waals surface area contributed by atoms with Crippen LogP contribution in [0.4, 0.5) is 0 Å². The van der Waals surface area contributed by atoms with Crippen LogP contribution in [0.5, 0.6) is 5.75 Å². The van der Waals surface area contributed by atoms with Gasteiger partial charge in [0.15, 0.2) is 0 Å². The third kappa shape index (κ3) is 6.20. The number of thiazole rings is 1. The van der Waals surface area contributed by atoms with E-state index in [1.807, 2.05) is 54.6 Å². The van der Waals surface area contributed by atoms with Gasteiger partial charge >= 0.3 is 0 Å². The summed E-state index contributed by atoms with van der Waals surface area (Å²) < 4.78 is 5.23. The molecule has 0 aliphatic carbocycles. The quantitative estimate of drug-likeness (QED) is 0.473. The molecule has 3 aromatic rings. The number of methoxy groups -OCH3 is 1. The third-order valence-electron chi connectivity index (χ3n) is 6.05. The first-order valence-corrected chi connectivity index (χ1v) is 12.1. The topological polar surface area (TPSA) is 80.3 Å². The first-order valence-electron chi connectivity index (χ1n) is 11.3. The monoisotopic (exact) mass is 463 g/mol. The van der Waals surface area contributed by atoms with Crippen LogP contribution in [-0.4, -0.2) is 36.0 Å². The molecule has 2 heterocycles. The van der Waals surface area contributed by atoms with Gasteiger partial charge in [-0.15, -0.1) is 11.3 Å². The van der Waals surface area contributed by atoms with Gasteiger partial charge in [0.25, 0.3) is 0 Å². The smallest absolute Gasteiger partial charge is 0.220 e. The van der Waals surface area contributed by atoms with Crippen LogP contribution >= 0.6 is 11.3 Å². The molecule has 1 atom stereocenters. The van der Waals surface area contributed by atoms with E-state index in [1.54, 1.807) is 18.4 Å². The minimum Gasteiger partial charge on any atom is -0.497 e. The Morgan fingerprint density at radius 2 is 1.97 bits per heavy atom. The second-order valence-electron chi connectivity index (χ2n) is 8.45. The number of hydrogen-bond donors (Lipinski definition) is 2. The van der Waals surface area contributed by atoms with Gasteiger partial charge in [-0.3, -0.25) is 9.59 Å². The zero-order chi connectivity index (χ0) is 23.1. The van der Waals surface area contributed by atoms with Crippen LogP contribution in [0.3, 0.4) is 0 Å². The molecule has 1 aromatic heterocycles. The lowest BCUT2D eigenvalue weighted by Gasteiger charge is -2.29. The second-order valence-corrected chi connectivity index (χ2v) is 9.39. The summed E-state index contributed by atoms with van der Waals surface area (Å²) in [6, 6.07) is 18.0. The summed E-state index contributed by atoms with van der Waals surface area (Å²) in [5.74, 6) is 0.866. The minimum absolute atomic E-state index is 0.00472. The minimum atomic E-state index is -0.372. The van der Waals surface area contributed by atoms with Crippen molar-refractivity contribution < 1.29 is 14.3 Å². The first kappa shape index (κ1) is 23.0. The molecule has 0 unspecified atom stereocenters. The number of nitrogens with zero attached hydrogens (tertiary/aromatic N) is 1. The lowest BCUT2D eigenvalue weighted by Crippen LogP contribution is -2.44. The van der Waals surface area contributed by atoms with Gasteiger partial charge in [0.05, 0.1) is 17.8 Å². The van der Waals surface area contributed by atoms with Gasteiger partial charge in [0.2, 0.25) is 11.8 Å². The fourth-order valence-electron chi connectivity index (χ4n) is 4.23. The van der Waals surface area contributed by atoms with E-state index >= 15 is 0 Å². The molecule has 4 rings (SSSR count). The van der Waals surface area contributed by atoms with E-state index in [-0.39, 0.29) is 17.4 Å². The van der Waals surface area contributed by atoms with Crippen LogP contribution in [0.15, 0.2) is 60.0 Å². The van der Waals surface area contributed by atoms with E-state index in [9.17, 15) is 9.59 Å². The van der Waals surface area contributed by atoms with Gasteiger partial charge in [0.1, 0.15) is 5.75 Å². The Balaban J connectivity index is 1.26. The van der Waals surface area contributed by atoms with Crippen molar-refractivity contribution in [3.63, 3.8) is 0 Å². The average molecular weight is 464 g/mol. The molecule has 172 valence electrons. The summed E-state index contributed by atoms with van der Waals surface area (Å²) in [5, 5.41) is 9.21. The number of benzene rings is 2. The van der Waals surface area contributed by atoms with Crippen LogP contribution in [0, 0.1) is 0 Å². The Labute approximate surface area is 198 Å². The first-order chi connectivity index (χ1) is 16.0. The zero-order valence-corrected chi connectivity index (χ0v) is 19.6. The number of hydrogen-bond acceptors (Lipinski definition) is 5. The number of carbonyl (C=O) groups excluding carboxylic acids is 2. The molecule has 33 heavy (non-hydrogen) atoms. The number of aromatic nitrogens is 1. The van der Waals surface area contributed by atoms with Crippen LogP contribution in [0.2, 0.25) is 0 Å². The van der Waals surface area contributed by atoms with Crippen molar-refractivity contribution in [2.75, 3.05) is 13.7 Å². The van der Waals surface area contributed by atoms with E-state index in [0.29, 0.717) is 38.6 Å². The van der Waals surface area contributed by atoms with Gasteiger partial charge in [-0.1, -0.05) is 42.5 Å². The number of amides is 2. The summed E-state index contributed by atoms with van der Waals surface area (Å²) in [4.78, 5) is 29.2. The lowest BCUT2D eigenvalue weighted by atomic mass is 9.85. The maximum Gasteiger partial charge on any atom is 0.220 e. The molecule has 2 amide bonds. The molecular formula is C26H29N3O3S. The highest BCUT2D eigenvalue weighted by Crippen LogP contribution is 2.30. The molecular weight excluding hydrogens is 434 g/mol. The Kier molecular flexibility index (Phi) is 7.40. The van der Waals surface area contributed by atoms with Crippen molar-refractivity contribution in [1.29, 1.82) is 0 Å². The maximum absolute atomic E-state index is 12.5. The molecule has 0 bridgehead atoms. The Bertz CT molecular complexity index is 1080. The highest BCUT2D eigenvalue weighted by Gasteiger charge is 2.37. The van der Waals surface area contributed by atoms with E-state index in [4.69, 9.17) is 4.74 Å². The number of rotatable bonds is 10.